The molecular formula is C29H34N10O7S. The van der Waals surface area contributed by atoms with Crippen molar-refractivity contribution in [1.82, 2.24) is 34.8 Å². The number of imidazole rings is 1. The normalized spacial score (nSPS) is 18.6. The second-order valence-electron chi connectivity index (χ2n) is 11.4. The van der Waals surface area contributed by atoms with Gasteiger partial charge in [-0.25, -0.2) is 23.0 Å². The molecule has 47 heavy (non-hydrogen) atoms. The van der Waals surface area contributed by atoms with Gasteiger partial charge in [-0.15, -0.1) is 0 Å². The third-order valence-corrected chi connectivity index (χ3v) is 9.37. The number of anilines is 2. The number of nitro groups is 1. The summed E-state index contributed by atoms with van der Waals surface area (Å²) in [6.45, 7) is 2.20. The van der Waals surface area contributed by atoms with E-state index >= 15 is 0 Å². The maximum atomic E-state index is 13.0. The highest BCUT2D eigenvalue weighted by Gasteiger charge is 2.28. The van der Waals surface area contributed by atoms with Gasteiger partial charge in [-0.05, 0) is 42.7 Å². The molecule has 17 nitrogen and oxygen atoms in total. The molecule has 0 unspecified atom stereocenters. The lowest BCUT2D eigenvalue weighted by molar-refractivity contribution is -0.396. The first-order valence-electron chi connectivity index (χ1n) is 15.1. The molecule has 0 radical (unpaired) electrons. The van der Waals surface area contributed by atoms with E-state index < -0.39 is 20.9 Å². The number of nitrogens with zero attached hydrogens (tertiary/aromatic N) is 9. The van der Waals surface area contributed by atoms with E-state index in [1.54, 1.807) is 12.1 Å². The number of ether oxygens (including phenoxy) is 2. The maximum absolute atomic E-state index is 13.0. The molecule has 1 saturated heterocycles. The summed E-state index contributed by atoms with van der Waals surface area (Å²) in [5.41, 5.74) is 1.13. The molecule has 1 N–H and O–H groups in total. The second kappa shape index (κ2) is 13.4. The first kappa shape index (κ1) is 32.0. The topological polar surface area (TPSA) is 201 Å². The van der Waals surface area contributed by atoms with Crippen molar-refractivity contribution in [3.05, 3.63) is 64.6 Å². The van der Waals surface area contributed by atoms with Crippen LogP contribution in [0, 0.1) is 10.1 Å². The molecule has 1 saturated carbocycles. The highest BCUT2D eigenvalue weighted by atomic mass is 32.2. The third kappa shape index (κ3) is 7.22. The number of pyridine rings is 2. The number of hydrogen-bond donors (Lipinski definition) is 1. The number of sulfonamides is 1. The quantitative estimate of drug-likeness (QED) is 0.190. The van der Waals surface area contributed by atoms with Crippen molar-refractivity contribution in [3.8, 4) is 5.88 Å². The van der Waals surface area contributed by atoms with Crippen molar-refractivity contribution in [2.75, 3.05) is 41.8 Å². The minimum Gasteiger partial charge on any atom is -0.474 e. The highest BCUT2D eigenvalue weighted by Crippen LogP contribution is 2.34. The van der Waals surface area contributed by atoms with Crippen LogP contribution in [0.4, 0.5) is 17.5 Å². The number of carbonyl (C=O) groups excluding carboxylic acids is 1. The number of amides is 1. The smallest absolute Gasteiger partial charge is 0.434 e. The van der Waals surface area contributed by atoms with Gasteiger partial charge >= 0.3 is 5.95 Å². The van der Waals surface area contributed by atoms with Crippen molar-refractivity contribution in [1.29, 1.82) is 0 Å². The molecule has 0 aromatic carbocycles. The zero-order valence-corrected chi connectivity index (χ0v) is 26.7. The highest BCUT2D eigenvalue weighted by molar-refractivity contribution is 7.92. The van der Waals surface area contributed by atoms with Crippen LogP contribution in [-0.2, 0) is 28.4 Å². The Morgan fingerprint density at radius 3 is 2.49 bits per heavy atom. The van der Waals surface area contributed by atoms with E-state index in [1.165, 1.54) is 36.4 Å². The molecule has 1 aliphatic carbocycles. The first-order chi connectivity index (χ1) is 22.6. The molecule has 1 aliphatic heterocycles. The summed E-state index contributed by atoms with van der Waals surface area (Å²) < 4.78 is 40.4. The van der Waals surface area contributed by atoms with Crippen LogP contribution in [0.5, 0.6) is 5.88 Å². The number of rotatable bonds is 10. The molecular weight excluding hydrogens is 632 g/mol. The van der Waals surface area contributed by atoms with E-state index in [9.17, 15) is 23.3 Å². The van der Waals surface area contributed by atoms with E-state index in [-0.39, 0.29) is 36.1 Å². The SMILES string of the molecule is Cn1c(CN(c2cnc3cc(N4CCOCC4)nc(OC4CCC(NC(=O)c5ncccn5)CC4)c3c2)S(C)(=O)=O)cnc1[N+](=O)[O-]. The molecule has 4 aromatic rings. The fraction of sp³-hybridized carbons (Fsp3) is 0.448. The number of carbonyl (C=O) groups is 1. The van der Waals surface area contributed by atoms with Crippen molar-refractivity contribution < 1.29 is 27.6 Å². The predicted octanol–water partition coefficient (Wildman–Crippen LogP) is 1.98. The lowest BCUT2D eigenvalue weighted by Gasteiger charge is -2.31. The third-order valence-electron chi connectivity index (χ3n) is 8.23. The summed E-state index contributed by atoms with van der Waals surface area (Å²) in [5, 5.41) is 14.8. The summed E-state index contributed by atoms with van der Waals surface area (Å²) in [6, 6.07) is 5.09. The van der Waals surface area contributed by atoms with Gasteiger partial charge in [0.2, 0.25) is 21.7 Å². The minimum absolute atomic E-state index is 0.0602. The van der Waals surface area contributed by atoms with Crippen LogP contribution in [0.2, 0.25) is 0 Å². The average Bonchev–Trinajstić information content (AvgIpc) is 3.44. The number of fused-ring (bicyclic) bond motifs is 1. The van der Waals surface area contributed by atoms with Crippen LogP contribution < -0.4 is 19.3 Å². The Morgan fingerprint density at radius 2 is 1.83 bits per heavy atom. The summed E-state index contributed by atoms with van der Waals surface area (Å²) in [6.07, 6.45) is 9.26. The van der Waals surface area contributed by atoms with E-state index in [4.69, 9.17) is 14.5 Å². The molecule has 0 spiro atoms. The standard InChI is InChI=1S/C29H34N10O7S/c1-36-21(17-33-29(36)39(41)42)18-38(47(2,43)44)20-14-23-24(32-16-20)15-25(37-10-12-45-13-11-37)35-28(23)46-22-6-4-19(5-7-22)34-27(40)26-30-8-3-9-31-26/h3,8-9,14-17,19,22H,4-7,10-13,18H2,1-2H3,(H,34,40). The Balaban J connectivity index is 1.28. The van der Waals surface area contributed by atoms with Gasteiger partial charge in [0, 0.05) is 37.6 Å². The van der Waals surface area contributed by atoms with Gasteiger partial charge in [0.25, 0.3) is 5.91 Å². The van der Waals surface area contributed by atoms with E-state index in [0.717, 1.165) is 10.6 Å². The molecule has 4 aromatic heterocycles. The van der Waals surface area contributed by atoms with Crippen molar-refractivity contribution in [2.45, 2.75) is 44.4 Å². The van der Waals surface area contributed by atoms with Crippen LogP contribution in [0.1, 0.15) is 42.0 Å². The fourth-order valence-electron chi connectivity index (χ4n) is 5.70. The molecule has 0 atom stereocenters. The van der Waals surface area contributed by atoms with Crippen molar-refractivity contribution in [3.63, 3.8) is 0 Å². The Labute approximate surface area is 270 Å². The molecule has 6 rings (SSSR count). The Hall–Kier alpha value is -4.97. The zero-order chi connectivity index (χ0) is 33.1. The second-order valence-corrected chi connectivity index (χ2v) is 13.3. The van der Waals surface area contributed by atoms with Crippen molar-refractivity contribution >= 4 is 44.3 Å². The van der Waals surface area contributed by atoms with Crippen molar-refractivity contribution in [2.24, 2.45) is 7.05 Å². The largest absolute Gasteiger partial charge is 0.474 e. The number of nitrogens with one attached hydrogen (secondary N) is 1. The molecule has 2 aliphatic rings. The lowest BCUT2D eigenvalue weighted by atomic mass is 9.93. The zero-order valence-electron chi connectivity index (χ0n) is 25.9. The summed E-state index contributed by atoms with van der Waals surface area (Å²) >= 11 is 0. The van der Waals surface area contributed by atoms with Gasteiger partial charge < -0.3 is 29.8 Å². The fourth-order valence-corrected chi connectivity index (χ4v) is 6.55. The predicted molar refractivity (Wildman–Crippen MR) is 170 cm³/mol. The van der Waals surface area contributed by atoms with Gasteiger partial charge in [-0.3, -0.25) is 14.1 Å². The summed E-state index contributed by atoms with van der Waals surface area (Å²) in [5.74, 6) is 0.378. The van der Waals surface area contributed by atoms with Gasteiger partial charge in [-0.1, -0.05) is 4.98 Å². The average molecular weight is 667 g/mol. The van der Waals surface area contributed by atoms with Gasteiger partial charge in [0.15, 0.2) is 0 Å². The van der Waals surface area contributed by atoms with Gasteiger partial charge in [-0.2, -0.15) is 4.98 Å². The number of aromatic nitrogens is 6. The molecule has 18 heteroatoms. The van der Waals surface area contributed by atoms with E-state index in [2.05, 4.69) is 30.2 Å². The number of morpholine rings is 1. The lowest BCUT2D eigenvalue weighted by Crippen LogP contribution is -2.40. The first-order valence-corrected chi connectivity index (χ1v) is 16.9. The Kier molecular flexibility index (Phi) is 9.12. The minimum atomic E-state index is -3.86. The van der Waals surface area contributed by atoms with Crippen LogP contribution in [0.15, 0.2) is 43.0 Å². The summed E-state index contributed by atoms with van der Waals surface area (Å²) in [4.78, 5) is 46.7. The molecule has 248 valence electrons. The molecule has 5 heterocycles. The maximum Gasteiger partial charge on any atom is 0.434 e. The van der Waals surface area contributed by atoms with Crippen LogP contribution in [-0.4, -0.2) is 93.4 Å². The molecule has 2 fully saturated rings. The monoisotopic (exact) mass is 666 g/mol. The van der Waals surface area contributed by atoms with E-state index in [0.29, 0.717) is 80.3 Å². The Morgan fingerprint density at radius 1 is 1.11 bits per heavy atom. The number of hydrogen-bond acceptors (Lipinski definition) is 13. The van der Waals surface area contributed by atoms with Gasteiger partial charge in [0.05, 0.1) is 55.8 Å². The summed E-state index contributed by atoms with van der Waals surface area (Å²) in [7, 11) is -2.40. The van der Waals surface area contributed by atoms with Gasteiger partial charge in [0.1, 0.15) is 23.8 Å². The van der Waals surface area contributed by atoms with Crippen LogP contribution in [0.3, 0.4) is 0 Å². The van der Waals surface area contributed by atoms with Crippen LogP contribution >= 0.6 is 0 Å². The molecule has 1 amide bonds. The Bertz CT molecular complexity index is 1870. The van der Waals surface area contributed by atoms with Crippen LogP contribution in [0.25, 0.3) is 10.9 Å². The molecule has 0 bridgehead atoms. The van der Waals surface area contributed by atoms with E-state index in [1.807, 2.05) is 6.07 Å².